The molecular weight excluding hydrogens is 486 g/mol. The van der Waals surface area contributed by atoms with Crippen LogP contribution in [-0.4, -0.2) is 43.2 Å². The van der Waals surface area contributed by atoms with Crippen molar-refractivity contribution >= 4 is 16.8 Å². The van der Waals surface area contributed by atoms with Crippen molar-refractivity contribution in [1.82, 2.24) is 24.2 Å². The number of nitriles is 1. The van der Waals surface area contributed by atoms with Crippen LogP contribution in [0, 0.1) is 54.7 Å². The molecule has 3 atom stereocenters. The van der Waals surface area contributed by atoms with Gasteiger partial charge in [0.05, 0.1) is 27.8 Å². The first-order valence-corrected chi connectivity index (χ1v) is 12.9. The number of imidazole rings is 1. The third-order valence-corrected chi connectivity index (χ3v) is 8.27. The summed E-state index contributed by atoms with van der Waals surface area (Å²) < 4.78 is 32.5. The Morgan fingerprint density at radius 1 is 1.18 bits per heavy atom. The lowest BCUT2D eigenvalue weighted by molar-refractivity contribution is 0.0779. The monoisotopic (exact) mass is 514 g/mol. The van der Waals surface area contributed by atoms with Gasteiger partial charge in [-0.05, 0) is 80.3 Å². The van der Waals surface area contributed by atoms with E-state index < -0.39 is 11.8 Å². The van der Waals surface area contributed by atoms with E-state index in [2.05, 4.69) is 12.0 Å². The van der Waals surface area contributed by atoms with Crippen LogP contribution < -0.4 is 0 Å². The number of nitrogens with zero attached hydrogens (tertiary/aromatic N) is 6. The number of rotatable bonds is 4. The molecule has 38 heavy (non-hydrogen) atoms. The predicted octanol–water partition coefficient (Wildman–Crippen LogP) is 5.31. The summed E-state index contributed by atoms with van der Waals surface area (Å²) in [4.78, 5) is 20.4. The van der Waals surface area contributed by atoms with Crippen LogP contribution in [0.25, 0.3) is 28.0 Å². The Bertz CT molecular complexity index is 1660. The van der Waals surface area contributed by atoms with Crippen molar-refractivity contribution in [2.75, 3.05) is 13.1 Å². The number of halogens is 2. The van der Waals surface area contributed by atoms with E-state index in [0.717, 1.165) is 17.9 Å². The van der Waals surface area contributed by atoms with Crippen molar-refractivity contribution in [3.63, 3.8) is 0 Å². The van der Waals surface area contributed by atoms with E-state index in [1.54, 1.807) is 29.8 Å². The summed E-state index contributed by atoms with van der Waals surface area (Å²) in [7, 11) is 1.54. The molecule has 1 aliphatic carbocycles. The third-order valence-electron chi connectivity index (χ3n) is 8.27. The van der Waals surface area contributed by atoms with Crippen LogP contribution in [0.2, 0.25) is 0 Å². The topological polar surface area (TPSA) is 79.7 Å². The standard InChI is InChI=1S/C29H28F2N6O/c1-15-9-21(15)20-7-8-36(14-20)29(38)26-17(3)37(28(33-26)18-5-6-19(13-32)23(30)11-18)25-12-22-24(10-16(25)2)34-35(4)27(22)31/h5-6,10-12,15,20-21H,7-9,14H2,1-4H3/t15?,20-,21?/m0/s1. The summed E-state index contributed by atoms with van der Waals surface area (Å²) in [6.45, 7) is 7.35. The third kappa shape index (κ3) is 3.78. The molecule has 4 aromatic rings. The minimum atomic E-state index is -0.670. The van der Waals surface area contributed by atoms with Crippen LogP contribution in [0.1, 0.15) is 47.1 Å². The second-order valence-electron chi connectivity index (χ2n) is 10.8. The number of benzene rings is 2. The molecule has 194 valence electrons. The molecule has 1 saturated heterocycles. The molecule has 3 heterocycles. The molecule has 1 saturated carbocycles. The molecule has 0 N–H and O–H groups in total. The highest BCUT2D eigenvalue weighted by molar-refractivity contribution is 5.95. The maximum absolute atomic E-state index is 14.9. The van der Waals surface area contributed by atoms with E-state index in [-0.39, 0.29) is 11.5 Å². The van der Waals surface area contributed by atoms with Gasteiger partial charge in [-0.3, -0.25) is 9.36 Å². The zero-order valence-electron chi connectivity index (χ0n) is 21.8. The van der Waals surface area contributed by atoms with Gasteiger partial charge in [-0.15, -0.1) is 0 Å². The molecule has 2 aromatic heterocycles. The lowest BCUT2D eigenvalue weighted by Gasteiger charge is -2.16. The number of fused-ring (bicyclic) bond motifs is 1. The van der Waals surface area contributed by atoms with Crippen molar-refractivity contribution in [3.05, 3.63) is 64.6 Å². The summed E-state index contributed by atoms with van der Waals surface area (Å²) >= 11 is 0. The van der Waals surface area contributed by atoms with E-state index in [9.17, 15) is 18.8 Å². The highest BCUT2D eigenvalue weighted by atomic mass is 19.1. The SMILES string of the molecule is Cc1cc2nn(C)c(F)c2cc1-n1c(-c2ccc(C#N)c(F)c2)nc(C(=O)N2CC[C@H](C3CC3C)C2)c1C. The average Bonchev–Trinajstić information content (AvgIpc) is 3.19. The molecule has 1 amide bonds. The first-order valence-electron chi connectivity index (χ1n) is 12.9. The molecule has 2 aromatic carbocycles. The fraction of sp³-hybridized carbons (Fsp3) is 0.379. The van der Waals surface area contributed by atoms with Crippen molar-refractivity contribution in [1.29, 1.82) is 5.26 Å². The van der Waals surface area contributed by atoms with E-state index in [1.165, 1.54) is 23.2 Å². The van der Waals surface area contributed by atoms with Gasteiger partial charge in [-0.25, -0.2) is 14.1 Å². The Balaban J connectivity index is 1.50. The number of likely N-dealkylation sites (tertiary alicyclic amines) is 1. The van der Waals surface area contributed by atoms with E-state index in [1.807, 2.05) is 24.8 Å². The van der Waals surface area contributed by atoms with Crippen molar-refractivity contribution < 1.29 is 13.6 Å². The van der Waals surface area contributed by atoms with E-state index >= 15 is 0 Å². The molecule has 1 aliphatic heterocycles. The number of hydrogen-bond donors (Lipinski definition) is 0. The second-order valence-corrected chi connectivity index (χ2v) is 10.8. The molecule has 7 nitrogen and oxygen atoms in total. The summed E-state index contributed by atoms with van der Waals surface area (Å²) in [6.07, 6.45) is 2.21. The van der Waals surface area contributed by atoms with Gasteiger partial charge in [0, 0.05) is 25.7 Å². The van der Waals surface area contributed by atoms with Gasteiger partial charge in [0.2, 0.25) is 5.95 Å². The normalized spacial score (nSPS) is 20.8. The zero-order chi connectivity index (χ0) is 26.9. The summed E-state index contributed by atoms with van der Waals surface area (Å²) in [5.74, 6) is 0.982. The van der Waals surface area contributed by atoms with Gasteiger partial charge in [0.25, 0.3) is 5.91 Å². The summed E-state index contributed by atoms with van der Waals surface area (Å²) in [5.41, 5.74) is 3.16. The lowest BCUT2D eigenvalue weighted by atomic mass is 10.0. The Morgan fingerprint density at radius 3 is 2.63 bits per heavy atom. The van der Waals surface area contributed by atoms with Gasteiger partial charge >= 0.3 is 0 Å². The van der Waals surface area contributed by atoms with Gasteiger partial charge in [0.1, 0.15) is 23.4 Å². The van der Waals surface area contributed by atoms with Crippen molar-refractivity contribution in [2.45, 2.75) is 33.6 Å². The maximum Gasteiger partial charge on any atom is 0.274 e. The number of amides is 1. The Kier molecular flexibility index (Phi) is 5.60. The molecule has 9 heteroatoms. The average molecular weight is 515 g/mol. The lowest BCUT2D eigenvalue weighted by Crippen LogP contribution is -2.30. The fourth-order valence-corrected chi connectivity index (χ4v) is 5.97. The molecule has 2 aliphatic rings. The number of hydrogen-bond acceptors (Lipinski definition) is 4. The maximum atomic E-state index is 14.9. The summed E-state index contributed by atoms with van der Waals surface area (Å²) in [5, 5.41) is 13.8. The minimum Gasteiger partial charge on any atom is -0.337 e. The molecule has 0 bridgehead atoms. The first kappa shape index (κ1) is 24.3. The van der Waals surface area contributed by atoms with Gasteiger partial charge < -0.3 is 4.90 Å². The number of carbonyl (C=O) groups is 1. The largest absolute Gasteiger partial charge is 0.337 e. The number of aryl methyl sites for hydroxylation is 2. The van der Waals surface area contributed by atoms with E-state index in [0.29, 0.717) is 64.3 Å². The second kappa shape index (κ2) is 8.76. The first-order chi connectivity index (χ1) is 18.2. The summed E-state index contributed by atoms with van der Waals surface area (Å²) in [6, 6.07) is 9.60. The van der Waals surface area contributed by atoms with Crippen LogP contribution in [-0.2, 0) is 7.05 Å². The molecule has 0 radical (unpaired) electrons. The van der Waals surface area contributed by atoms with Crippen molar-refractivity contribution in [2.24, 2.45) is 24.8 Å². The minimum absolute atomic E-state index is 0.0766. The van der Waals surface area contributed by atoms with Gasteiger partial charge in [0.15, 0.2) is 0 Å². The Hall–Kier alpha value is -4.06. The number of carbonyl (C=O) groups excluding carboxylic acids is 1. The quantitative estimate of drug-likeness (QED) is 0.370. The van der Waals surface area contributed by atoms with Crippen LogP contribution in [0.15, 0.2) is 30.3 Å². The molecule has 2 fully saturated rings. The Morgan fingerprint density at radius 2 is 1.95 bits per heavy atom. The molecular formula is C29H28F2N6O. The van der Waals surface area contributed by atoms with Crippen molar-refractivity contribution in [3.8, 4) is 23.1 Å². The van der Waals surface area contributed by atoms with Gasteiger partial charge in [-0.1, -0.05) is 6.92 Å². The van der Waals surface area contributed by atoms with Gasteiger partial charge in [-0.2, -0.15) is 14.8 Å². The molecule has 0 spiro atoms. The highest BCUT2D eigenvalue weighted by Gasteiger charge is 2.43. The predicted molar refractivity (Wildman–Crippen MR) is 139 cm³/mol. The van der Waals surface area contributed by atoms with Crippen LogP contribution in [0.3, 0.4) is 0 Å². The van der Waals surface area contributed by atoms with Crippen LogP contribution >= 0.6 is 0 Å². The number of aromatic nitrogens is 4. The van der Waals surface area contributed by atoms with E-state index in [4.69, 9.17) is 4.98 Å². The van der Waals surface area contributed by atoms with Crippen LogP contribution in [0.4, 0.5) is 8.78 Å². The highest BCUT2D eigenvalue weighted by Crippen LogP contribution is 2.47. The molecule has 2 unspecified atom stereocenters. The van der Waals surface area contributed by atoms with Crippen LogP contribution in [0.5, 0.6) is 0 Å². The molecule has 6 rings (SSSR count). The Labute approximate surface area is 219 Å². The fourth-order valence-electron chi connectivity index (χ4n) is 5.97. The zero-order valence-corrected chi connectivity index (χ0v) is 21.8. The smallest absolute Gasteiger partial charge is 0.274 e.